The molecule has 0 saturated heterocycles. The van der Waals surface area contributed by atoms with E-state index in [-0.39, 0.29) is 12.0 Å². The van der Waals surface area contributed by atoms with Crippen LogP contribution in [0, 0.1) is 0 Å². The van der Waals surface area contributed by atoms with E-state index in [1.54, 1.807) is 11.4 Å². The maximum atomic E-state index is 11.6. The van der Waals surface area contributed by atoms with Crippen molar-refractivity contribution >= 4 is 33.2 Å². The lowest BCUT2D eigenvalue weighted by molar-refractivity contribution is -0.0124. The Balaban J connectivity index is 1.81. The molecular weight excluding hydrogens is 278 g/mol. The first-order valence-corrected chi connectivity index (χ1v) is 6.63. The van der Waals surface area contributed by atoms with Gasteiger partial charge in [-0.15, -0.1) is 11.3 Å². The number of carbonyl (C=O) groups is 1. The minimum absolute atomic E-state index is 0.163. The zero-order chi connectivity index (χ0) is 10.7. The zero-order valence-electron chi connectivity index (χ0n) is 8.16. The number of thiophene rings is 1. The quantitative estimate of drug-likeness (QED) is 0.869. The van der Waals surface area contributed by atoms with E-state index in [9.17, 15) is 4.79 Å². The molecule has 1 aliphatic rings. The molecule has 1 fully saturated rings. The predicted molar refractivity (Wildman–Crippen MR) is 62.8 cm³/mol. The molecule has 0 bridgehead atoms. The lowest BCUT2D eigenvalue weighted by atomic mass is 10.3. The van der Waals surface area contributed by atoms with Gasteiger partial charge in [0.1, 0.15) is 0 Å². The smallest absolute Gasteiger partial charge is 0.270 e. The van der Waals surface area contributed by atoms with E-state index in [4.69, 9.17) is 4.84 Å². The van der Waals surface area contributed by atoms with Gasteiger partial charge in [0.15, 0.2) is 0 Å². The Labute approximate surface area is 101 Å². The summed E-state index contributed by atoms with van der Waals surface area (Å²) in [6, 6.07) is 1.79. The number of carbonyl (C=O) groups excluding carboxylic acids is 1. The van der Waals surface area contributed by atoms with Gasteiger partial charge in [-0.1, -0.05) is 12.8 Å². The molecule has 1 amide bonds. The summed E-state index contributed by atoms with van der Waals surface area (Å²) in [7, 11) is 0. The SMILES string of the molecule is O=C(NOC1CCCC1)c1csc(Br)c1. The first-order valence-electron chi connectivity index (χ1n) is 4.96. The van der Waals surface area contributed by atoms with Crippen LogP contribution in [0.3, 0.4) is 0 Å². The molecule has 1 heterocycles. The molecule has 0 unspecified atom stereocenters. The third-order valence-electron chi connectivity index (χ3n) is 2.45. The first-order chi connectivity index (χ1) is 7.25. The molecule has 1 aliphatic carbocycles. The molecule has 0 aliphatic heterocycles. The Bertz CT molecular complexity index is 347. The fraction of sp³-hybridized carbons (Fsp3) is 0.500. The van der Waals surface area contributed by atoms with E-state index < -0.39 is 0 Å². The Morgan fingerprint density at radius 1 is 1.53 bits per heavy atom. The predicted octanol–water partition coefficient (Wildman–Crippen LogP) is 3.11. The Morgan fingerprint density at radius 2 is 2.27 bits per heavy atom. The highest BCUT2D eigenvalue weighted by Gasteiger charge is 2.17. The van der Waals surface area contributed by atoms with Gasteiger partial charge in [-0.2, -0.15) is 0 Å². The van der Waals surface area contributed by atoms with Crippen molar-refractivity contribution in [1.29, 1.82) is 0 Å². The van der Waals surface area contributed by atoms with Gasteiger partial charge in [0, 0.05) is 5.38 Å². The zero-order valence-corrected chi connectivity index (χ0v) is 10.6. The van der Waals surface area contributed by atoms with Crippen molar-refractivity contribution < 1.29 is 9.63 Å². The van der Waals surface area contributed by atoms with Crippen LogP contribution < -0.4 is 5.48 Å². The normalized spacial score (nSPS) is 16.9. The molecule has 3 nitrogen and oxygen atoms in total. The number of hydrogen-bond donors (Lipinski definition) is 1. The second-order valence-corrected chi connectivity index (χ2v) is 5.89. The summed E-state index contributed by atoms with van der Waals surface area (Å²) in [5.41, 5.74) is 3.14. The molecule has 15 heavy (non-hydrogen) atoms. The lowest BCUT2D eigenvalue weighted by Gasteiger charge is -2.10. The van der Waals surface area contributed by atoms with Crippen LogP contribution in [0.15, 0.2) is 15.2 Å². The topological polar surface area (TPSA) is 38.3 Å². The van der Waals surface area contributed by atoms with Crippen LogP contribution in [-0.4, -0.2) is 12.0 Å². The van der Waals surface area contributed by atoms with Crippen molar-refractivity contribution in [1.82, 2.24) is 5.48 Å². The summed E-state index contributed by atoms with van der Waals surface area (Å²) in [5, 5.41) is 1.80. The average Bonchev–Trinajstić information content (AvgIpc) is 2.84. The summed E-state index contributed by atoms with van der Waals surface area (Å²) in [6.07, 6.45) is 4.70. The molecule has 1 N–H and O–H groups in total. The minimum atomic E-state index is -0.163. The van der Waals surface area contributed by atoms with Gasteiger partial charge in [0.2, 0.25) is 0 Å². The van der Waals surface area contributed by atoms with Gasteiger partial charge in [-0.3, -0.25) is 9.63 Å². The highest BCUT2D eigenvalue weighted by Crippen LogP contribution is 2.22. The average molecular weight is 290 g/mol. The highest BCUT2D eigenvalue weighted by atomic mass is 79.9. The van der Waals surface area contributed by atoms with Gasteiger partial charge >= 0.3 is 0 Å². The summed E-state index contributed by atoms with van der Waals surface area (Å²) in [4.78, 5) is 16.9. The number of rotatable bonds is 3. The van der Waals surface area contributed by atoms with E-state index in [0.29, 0.717) is 5.56 Å². The van der Waals surface area contributed by atoms with Gasteiger partial charge in [0.05, 0.1) is 15.5 Å². The van der Waals surface area contributed by atoms with Crippen LogP contribution in [0.4, 0.5) is 0 Å². The number of nitrogens with one attached hydrogen (secondary N) is 1. The number of amides is 1. The molecule has 0 spiro atoms. The van der Waals surface area contributed by atoms with E-state index in [1.165, 1.54) is 24.2 Å². The van der Waals surface area contributed by atoms with Crippen molar-refractivity contribution in [2.45, 2.75) is 31.8 Å². The molecule has 82 valence electrons. The first kappa shape index (κ1) is 11.1. The Hall–Kier alpha value is -0.390. The maximum Gasteiger partial charge on any atom is 0.275 e. The van der Waals surface area contributed by atoms with Crippen molar-refractivity contribution in [3.63, 3.8) is 0 Å². The number of hydroxylamine groups is 1. The fourth-order valence-corrected chi connectivity index (χ4v) is 2.77. The highest BCUT2D eigenvalue weighted by molar-refractivity contribution is 9.11. The Morgan fingerprint density at radius 3 is 2.87 bits per heavy atom. The monoisotopic (exact) mass is 289 g/mol. The third-order valence-corrected chi connectivity index (χ3v) is 3.95. The molecule has 0 aromatic carbocycles. The third kappa shape index (κ3) is 3.03. The standard InChI is InChI=1S/C10H12BrNO2S/c11-9-5-7(6-15-9)10(13)12-14-8-3-1-2-4-8/h5-6,8H,1-4H2,(H,12,13). The fourth-order valence-electron chi connectivity index (χ4n) is 1.63. The van der Waals surface area contributed by atoms with E-state index >= 15 is 0 Å². The van der Waals surface area contributed by atoms with Gasteiger partial charge in [-0.25, -0.2) is 5.48 Å². The molecule has 1 aromatic rings. The minimum Gasteiger partial charge on any atom is -0.270 e. The summed E-state index contributed by atoms with van der Waals surface area (Å²) in [6.45, 7) is 0. The van der Waals surface area contributed by atoms with Crippen LogP contribution in [0.2, 0.25) is 0 Å². The van der Waals surface area contributed by atoms with Crippen LogP contribution in [0.5, 0.6) is 0 Å². The van der Waals surface area contributed by atoms with Crippen LogP contribution >= 0.6 is 27.3 Å². The van der Waals surface area contributed by atoms with Crippen molar-refractivity contribution in [3.05, 3.63) is 20.8 Å². The maximum absolute atomic E-state index is 11.6. The molecule has 0 atom stereocenters. The lowest BCUT2D eigenvalue weighted by Crippen LogP contribution is -2.27. The van der Waals surface area contributed by atoms with Crippen molar-refractivity contribution in [3.8, 4) is 0 Å². The van der Waals surface area contributed by atoms with Gasteiger partial charge < -0.3 is 0 Å². The second kappa shape index (κ2) is 5.09. The van der Waals surface area contributed by atoms with Crippen LogP contribution in [0.1, 0.15) is 36.0 Å². The van der Waals surface area contributed by atoms with Crippen molar-refractivity contribution in [2.24, 2.45) is 0 Å². The van der Waals surface area contributed by atoms with Crippen LogP contribution in [-0.2, 0) is 4.84 Å². The van der Waals surface area contributed by atoms with E-state index in [0.717, 1.165) is 16.6 Å². The summed E-state index contributed by atoms with van der Waals surface area (Å²) in [5.74, 6) is -0.163. The largest absolute Gasteiger partial charge is 0.275 e. The van der Waals surface area contributed by atoms with Crippen molar-refractivity contribution in [2.75, 3.05) is 0 Å². The molecule has 1 aromatic heterocycles. The molecular formula is C10H12BrNO2S. The van der Waals surface area contributed by atoms with Crippen LogP contribution in [0.25, 0.3) is 0 Å². The molecule has 1 saturated carbocycles. The summed E-state index contributed by atoms with van der Waals surface area (Å²) < 4.78 is 0.952. The van der Waals surface area contributed by atoms with Gasteiger partial charge in [-0.05, 0) is 34.8 Å². The molecule has 5 heteroatoms. The molecule has 2 rings (SSSR count). The van der Waals surface area contributed by atoms with Gasteiger partial charge in [0.25, 0.3) is 5.91 Å². The summed E-state index contributed by atoms with van der Waals surface area (Å²) >= 11 is 4.81. The Kier molecular flexibility index (Phi) is 3.77. The molecule has 0 radical (unpaired) electrons. The van der Waals surface area contributed by atoms with E-state index in [2.05, 4.69) is 21.4 Å². The van der Waals surface area contributed by atoms with E-state index in [1.807, 2.05) is 0 Å². The second-order valence-electron chi connectivity index (χ2n) is 3.59. The number of hydrogen-bond acceptors (Lipinski definition) is 3. The number of halogens is 1.